The van der Waals surface area contributed by atoms with Gasteiger partial charge in [-0.25, -0.2) is 9.37 Å². The number of aryl methyl sites for hydroxylation is 1. The largest absolute Gasteiger partial charge is 0.489 e. The van der Waals surface area contributed by atoms with Crippen molar-refractivity contribution < 1.29 is 23.6 Å². The number of hydrogen-bond acceptors (Lipinski definition) is 6. The molecule has 11 heteroatoms. The minimum Gasteiger partial charge on any atom is -0.489 e. The van der Waals surface area contributed by atoms with Gasteiger partial charge >= 0.3 is 5.97 Å². The van der Waals surface area contributed by atoms with Crippen LogP contribution in [-0.2, 0) is 11.2 Å². The van der Waals surface area contributed by atoms with Gasteiger partial charge in [0.2, 0.25) is 5.82 Å². The summed E-state index contributed by atoms with van der Waals surface area (Å²) in [5.74, 6) is -0.881. The maximum absolute atomic E-state index is 14.4. The van der Waals surface area contributed by atoms with E-state index in [1.807, 2.05) is 13.8 Å². The number of carboxylic acids is 1. The SMILES string of the molecule is CC(C)Oc1cc(Cl)c2nc(-c3nc(-c4cc(F)c(CCC(=O)O)cc4Cl)no3)cn2c1. The van der Waals surface area contributed by atoms with E-state index >= 15 is 0 Å². The Morgan fingerprint density at radius 1 is 1.22 bits per heavy atom. The highest BCUT2D eigenvalue weighted by molar-refractivity contribution is 6.33. The number of carbonyl (C=O) groups is 1. The van der Waals surface area contributed by atoms with Crippen molar-refractivity contribution in [3.05, 3.63) is 52.0 Å². The number of rotatable bonds is 7. The fourth-order valence-electron chi connectivity index (χ4n) is 3.10. The Morgan fingerprint density at radius 2 is 2.00 bits per heavy atom. The molecule has 0 saturated carbocycles. The molecule has 1 N–H and O–H groups in total. The molecule has 3 heterocycles. The third kappa shape index (κ3) is 4.53. The molecule has 166 valence electrons. The van der Waals surface area contributed by atoms with Gasteiger partial charge in [-0.1, -0.05) is 28.4 Å². The zero-order chi connectivity index (χ0) is 23.0. The molecule has 3 aromatic heterocycles. The molecule has 0 aliphatic rings. The molecule has 4 rings (SSSR count). The first kappa shape index (κ1) is 22.0. The summed E-state index contributed by atoms with van der Waals surface area (Å²) in [5, 5.41) is 13.2. The average molecular weight is 479 g/mol. The predicted octanol–water partition coefficient (Wildman–Crippen LogP) is 5.30. The topological polar surface area (TPSA) is 103 Å². The molecule has 8 nitrogen and oxygen atoms in total. The van der Waals surface area contributed by atoms with Crippen LogP contribution >= 0.6 is 23.2 Å². The number of hydrogen-bond donors (Lipinski definition) is 1. The van der Waals surface area contributed by atoms with Gasteiger partial charge in [0.1, 0.15) is 17.3 Å². The Kier molecular flexibility index (Phi) is 6.03. The lowest BCUT2D eigenvalue weighted by molar-refractivity contribution is -0.136. The number of aromatic nitrogens is 4. The van der Waals surface area contributed by atoms with Crippen LogP contribution in [0.2, 0.25) is 10.0 Å². The number of benzene rings is 1. The van der Waals surface area contributed by atoms with E-state index in [1.54, 1.807) is 22.9 Å². The number of halogens is 3. The predicted molar refractivity (Wildman–Crippen MR) is 116 cm³/mol. The maximum Gasteiger partial charge on any atom is 0.303 e. The highest BCUT2D eigenvalue weighted by Crippen LogP contribution is 2.32. The molecule has 0 spiro atoms. The van der Waals surface area contributed by atoms with Gasteiger partial charge in [-0.2, -0.15) is 4.98 Å². The number of aliphatic carboxylic acids is 1. The Labute approximate surface area is 191 Å². The monoisotopic (exact) mass is 478 g/mol. The van der Waals surface area contributed by atoms with Crippen LogP contribution in [0.3, 0.4) is 0 Å². The van der Waals surface area contributed by atoms with Crippen molar-refractivity contribution in [1.82, 2.24) is 19.5 Å². The van der Waals surface area contributed by atoms with E-state index in [4.69, 9.17) is 37.6 Å². The van der Waals surface area contributed by atoms with E-state index in [0.29, 0.717) is 22.1 Å². The van der Waals surface area contributed by atoms with E-state index in [2.05, 4.69) is 15.1 Å². The van der Waals surface area contributed by atoms with E-state index in [1.165, 1.54) is 6.07 Å². The lowest BCUT2D eigenvalue weighted by Gasteiger charge is -2.10. The normalized spacial score (nSPS) is 11.4. The van der Waals surface area contributed by atoms with Crippen LogP contribution in [0.1, 0.15) is 25.8 Å². The first-order chi connectivity index (χ1) is 15.2. The Balaban J connectivity index is 1.65. The highest BCUT2D eigenvalue weighted by Gasteiger charge is 2.19. The molecule has 0 bridgehead atoms. The van der Waals surface area contributed by atoms with Gasteiger partial charge in [-0.05, 0) is 38.0 Å². The van der Waals surface area contributed by atoms with Crippen LogP contribution in [0.15, 0.2) is 35.1 Å². The van der Waals surface area contributed by atoms with E-state index in [0.717, 1.165) is 6.07 Å². The second kappa shape index (κ2) is 8.76. The number of nitrogens with zero attached hydrogens (tertiary/aromatic N) is 4. The van der Waals surface area contributed by atoms with Crippen molar-refractivity contribution in [3.63, 3.8) is 0 Å². The van der Waals surface area contributed by atoms with Crippen LogP contribution in [-0.4, -0.2) is 36.7 Å². The molecule has 0 aliphatic carbocycles. The van der Waals surface area contributed by atoms with Gasteiger partial charge in [0, 0.05) is 24.2 Å². The van der Waals surface area contributed by atoms with Crippen LogP contribution in [0.25, 0.3) is 28.6 Å². The van der Waals surface area contributed by atoms with Gasteiger partial charge in [0.25, 0.3) is 5.89 Å². The number of carboxylic acid groups (broad SMARTS) is 1. The molecule has 32 heavy (non-hydrogen) atoms. The minimum absolute atomic E-state index is 0.0170. The molecule has 0 unspecified atom stereocenters. The summed E-state index contributed by atoms with van der Waals surface area (Å²) in [6, 6.07) is 4.19. The van der Waals surface area contributed by atoms with E-state index < -0.39 is 11.8 Å². The molecule has 0 radical (unpaired) electrons. The van der Waals surface area contributed by atoms with Crippen LogP contribution in [0.4, 0.5) is 4.39 Å². The summed E-state index contributed by atoms with van der Waals surface area (Å²) in [6.07, 6.45) is 3.17. The molecule has 4 aromatic rings. The van der Waals surface area contributed by atoms with Gasteiger partial charge < -0.3 is 18.8 Å². The quantitative estimate of drug-likeness (QED) is 0.384. The lowest BCUT2D eigenvalue weighted by atomic mass is 10.1. The molecule has 0 saturated heterocycles. The van der Waals surface area contributed by atoms with Crippen LogP contribution < -0.4 is 4.74 Å². The fraction of sp³-hybridized carbons (Fsp3) is 0.238. The zero-order valence-electron chi connectivity index (χ0n) is 17.0. The second-order valence-electron chi connectivity index (χ2n) is 7.29. The number of imidazole rings is 1. The van der Waals surface area contributed by atoms with Crippen molar-refractivity contribution in [2.24, 2.45) is 0 Å². The molecule has 0 atom stereocenters. The van der Waals surface area contributed by atoms with Crippen molar-refractivity contribution >= 4 is 34.8 Å². The summed E-state index contributed by atoms with van der Waals surface area (Å²) in [6.45, 7) is 3.81. The van der Waals surface area contributed by atoms with Crippen molar-refractivity contribution in [1.29, 1.82) is 0 Å². The van der Waals surface area contributed by atoms with Crippen molar-refractivity contribution in [2.45, 2.75) is 32.8 Å². The fourth-order valence-corrected chi connectivity index (χ4v) is 3.62. The third-order valence-corrected chi connectivity index (χ3v) is 5.07. The van der Waals surface area contributed by atoms with Gasteiger partial charge in [0.15, 0.2) is 5.65 Å². The second-order valence-corrected chi connectivity index (χ2v) is 8.10. The summed E-state index contributed by atoms with van der Waals surface area (Å²) in [4.78, 5) is 19.4. The van der Waals surface area contributed by atoms with Crippen molar-refractivity contribution in [3.8, 4) is 28.7 Å². The Hall–Kier alpha value is -3.17. The van der Waals surface area contributed by atoms with Gasteiger partial charge in [0.05, 0.1) is 22.3 Å². The first-order valence-corrected chi connectivity index (χ1v) is 10.4. The summed E-state index contributed by atoms with van der Waals surface area (Å²) < 4.78 is 27.1. The van der Waals surface area contributed by atoms with Gasteiger partial charge in [-0.3, -0.25) is 4.79 Å². The Bertz CT molecular complexity index is 1320. The Morgan fingerprint density at radius 3 is 2.72 bits per heavy atom. The summed E-state index contributed by atoms with van der Waals surface area (Å²) in [7, 11) is 0. The van der Waals surface area contributed by atoms with Crippen molar-refractivity contribution in [2.75, 3.05) is 0 Å². The summed E-state index contributed by atoms with van der Waals surface area (Å²) >= 11 is 12.6. The van der Waals surface area contributed by atoms with E-state index in [9.17, 15) is 9.18 Å². The van der Waals surface area contributed by atoms with Gasteiger partial charge in [-0.15, -0.1) is 0 Å². The molecular formula is C21H17Cl2FN4O4. The van der Waals surface area contributed by atoms with Crippen LogP contribution in [0.5, 0.6) is 5.75 Å². The molecule has 0 aliphatic heterocycles. The zero-order valence-corrected chi connectivity index (χ0v) is 18.5. The number of ether oxygens (including phenoxy) is 1. The number of pyridine rings is 1. The molecular weight excluding hydrogens is 462 g/mol. The third-order valence-electron chi connectivity index (χ3n) is 4.48. The first-order valence-electron chi connectivity index (χ1n) is 9.60. The smallest absolute Gasteiger partial charge is 0.303 e. The molecule has 0 amide bonds. The molecule has 0 fully saturated rings. The lowest BCUT2D eigenvalue weighted by Crippen LogP contribution is -2.06. The minimum atomic E-state index is -1.03. The van der Waals surface area contributed by atoms with E-state index in [-0.39, 0.29) is 46.8 Å². The summed E-state index contributed by atoms with van der Waals surface area (Å²) in [5.41, 5.74) is 1.25. The molecule has 1 aromatic carbocycles. The highest BCUT2D eigenvalue weighted by atomic mass is 35.5. The number of fused-ring (bicyclic) bond motifs is 1. The average Bonchev–Trinajstić information content (AvgIpc) is 3.35. The standard InChI is InChI=1S/C21H17Cl2FN4O4/c1-10(2)31-12-6-15(23)20-25-17(9-28(20)8-12)21-26-19(27-32-21)13-7-16(24)11(5-14(13)22)3-4-18(29)30/h5-10H,3-4H2,1-2H3,(H,29,30). The maximum atomic E-state index is 14.4. The van der Waals surface area contributed by atoms with Crippen LogP contribution in [0, 0.1) is 5.82 Å².